The zero-order chi connectivity index (χ0) is 11.6. The van der Waals surface area contributed by atoms with Crippen LogP contribution in [0.5, 0.6) is 11.5 Å². The van der Waals surface area contributed by atoms with Crippen LogP contribution in [0.1, 0.15) is 5.56 Å². The number of benzene rings is 1. The summed E-state index contributed by atoms with van der Waals surface area (Å²) in [6, 6.07) is 1.63. The van der Waals surface area contributed by atoms with Gasteiger partial charge in [0, 0.05) is 0 Å². The molecule has 1 rings (SSSR count). The van der Waals surface area contributed by atoms with Gasteiger partial charge in [-0.15, -0.1) is 0 Å². The molecule has 84 valence electrons. The molecule has 0 aliphatic heterocycles. The first-order valence-corrected chi connectivity index (χ1v) is 4.26. The van der Waals surface area contributed by atoms with E-state index >= 15 is 0 Å². The molecule has 0 heterocycles. The van der Waals surface area contributed by atoms with Gasteiger partial charge in [0.05, 0.1) is 24.8 Å². The van der Waals surface area contributed by atoms with Crippen LogP contribution in [0.4, 0.5) is 13.2 Å². The Hall–Kier alpha value is -1.10. The van der Waals surface area contributed by atoms with E-state index in [1.807, 2.05) is 0 Å². The predicted molar refractivity (Wildman–Crippen MR) is 49.6 cm³/mol. The van der Waals surface area contributed by atoms with Crippen molar-refractivity contribution in [1.29, 1.82) is 0 Å². The van der Waals surface area contributed by atoms with Gasteiger partial charge in [-0.05, 0) is 12.1 Å². The van der Waals surface area contributed by atoms with Crippen molar-refractivity contribution in [1.82, 2.24) is 0 Å². The molecule has 0 fully saturated rings. The van der Waals surface area contributed by atoms with Crippen molar-refractivity contribution in [3.05, 3.63) is 22.7 Å². The second kappa shape index (κ2) is 4.18. The minimum Gasteiger partial charge on any atom is -0.493 e. The maximum Gasteiger partial charge on any atom is 0.416 e. The molecular weight excluding hydrogens is 233 g/mol. The van der Waals surface area contributed by atoms with Crippen LogP contribution >= 0.6 is 11.6 Å². The monoisotopic (exact) mass is 240 g/mol. The number of ether oxygens (including phenoxy) is 2. The lowest BCUT2D eigenvalue weighted by molar-refractivity contribution is -0.137. The highest BCUT2D eigenvalue weighted by Crippen LogP contribution is 2.41. The van der Waals surface area contributed by atoms with Crippen LogP contribution in [0.15, 0.2) is 12.1 Å². The van der Waals surface area contributed by atoms with Crippen LogP contribution in [0.3, 0.4) is 0 Å². The molecule has 0 saturated heterocycles. The minimum absolute atomic E-state index is 0.0441. The topological polar surface area (TPSA) is 18.5 Å². The van der Waals surface area contributed by atoms with E-state index < -0.39 is 11.7 Å². The van der Waals surface area contributed by atoms with E-state index in [1.54, 1.807) is 0 Å². The molecule has 0 atom stereocenters. The number of hydrogen-bond donors (Lipinski definition) is 0. The van der Waals surface area contributed by atoms with Crippen molar-refractivity contribution in [2.45, 2.75) is 6.18 Å². The molecular formula is C9H8ClF3O2. The first kappa shape index (κ1) is 12.0. The largest absolute Gasteiger partial charge is 0.493 e. The summed E-state index contributed by atoms with van der Waals surface area (Å²) in [5.41, 5.74) is -0.870. The summed E-state index contributed by atoms with van der Waals surface area (Å²) in [5, 5.41) is -0.135. The minimum atomic E-state index is -4.46. The molecule has 0 radical (unpaired) electrons. The van der Waals surface area contributed by atoms with Crippen LogP contribution in [0.2, 0.25) is 5.02 Å². The SMILES string of the molecule is COc1cc(C(F)(F)F)cc(Cl)c1OC. The Morgan fingerprint density at radius 2 is 1.73 bits per heavy atom. The van der Waals surface area contributed by atoms with Crippen LogP contribution in [-0.2, 0) is 6.18 Å². The third kappa shape index (κ3) is 2.47. The molecule has 0 aliphatic carbocycles. The molecule has 1 aromatic rings. The number of rotatable bonds is 2. The number of alkyl halides is 3. The van der Waals surface area contributed by atoms with Gasteiger partial charge in [0.25, 0.3) is 0 Å². The van der Waals surface area contributed by atoms with Gasteiger partial charge in [-0.25, -0.2) is 0 Å². The lowest BCUT2D eigenvalue weighted by atomic mass is 10.2. The molecule has 0 saturated carbocycles. The summed E-state index contributed by atoms with van der Waals surface area (Å²) in [7, 11) is 2.55. The van der Waals surface area contributed by atoms with Crippen molar-refractivity contribution in [2.75, 3.05) is 14.2 Å². The van der Waals surface area contributed by atoms with E-state index in [2.05, 4.69) is 0 Å². The predicted octanol–water partition coefficient (Wildman–Crippen LogP) is 3.38. The van der Waals surface area contributed by atoms with E-state index in [-0.39, 0.29) is 16.5 Å². The van der Waals surface area contributed by atoms with E-state index in [0.717, 1.165) is 12.1 Å². The van der Waals surface area contributed by atoms with Crippen molar-refractivity contribution in [2.24, 2.45) is 0 Å². The van der Waals surface area contributed by atoms with Crippen LogP contribution in [0.25, 0.3) is 0 Å². The van der Waals surface area contributed by atoms with E-state index in [1.165, 1.54) is 14.2 Å². The van der Waals surface area contributed by atoms with Gasteiger partial charge < -0.3 is 9.47 Å². The smallest absolute Gasteiger partial charge is 0.416 e. The molecule has 0 bridgehead atoms. The summed E-state index contributed by atoms with van der Waals surface area (Å²) in [6.45, 7) is 0. The Kier molecular flexibility index (Phi) is 3.34. The summed E-state index contributed by atoms with van der Waals surface area (Å²) in [4.78, 5) is 0. The van der Waals surface area contributed by atoms with Crippen molar-refractivity contribution in [3.8, 4) is 11.5 Å². The Bertz CT molecular complexity index is 363. The van der Waals surface area contributed by atoms with Crippen molar-refractivity contribution < 1.29 is 22.6 Å². The molecule has 0 aromatic heterocycles. The van der Waals surface area contributed by atoms with E-state index in [0.29, 0.717) is 0 Å². The van der Waals surface area contributed by atoms with Gasteiger partial charge >= 0.3 is 6.18 Å². The third-order valence-electron chi connectivity index (χ3n) is 1.76. The van der Waals surface area contributed by atoms with Crippen LogP contribution < -0.4 is 9.47 Å². The summed E-state index contributed by atoms with van der Waals surface area (Å²) < 4.78 is 46.6. The standard InChI is InChI=1S/C9H8ClF3O2/c1-14-7-4-5(9(11,12)13)3-6(10)8(7)15-2/h3-4H,1-2H3. The second-order valence-electron chi connectivity index (χ2n) is 2.69. The third-order valence-corrected chi connectivity index (χ3v) is 2.04. The fourth-order valence-electron chi connectivity index (χ4n) is 1.08. The first-order valence-electron chi connectivity index (χ1n) is 3.89. The zero-order valence-electron chi connectivity index (χ0n) is 7.98. The van der Waals surface area contributed by atoms with Gasteiger partial charge in [0.15, 0.2) is 11.5 Å². The zero-order valence-corrected chi connectivity index (χ0v) is 8.74. The van der Waals surface area contributed by atoms with Gasteiger partial charge in [-0.1, -0.05) is 11.6 Å². The maximum atomic E-state index is 12.4. The van der Waals surface area contributed by atoms with Crippen LogP contribution in [-0.4, -0.2) is 14.2 Å². The summed E-state index contributed by atoms with van der Waals surface area (Å²) in [5.74, 6) is 0.0458. The molecule has 0 aliphatic rings. The Morgan fingerprint density at radius 1 is 1.13 bits per heavy atom. The molecule has 0 unspecified atom stereocenters. The van der Waals surface area contributed by atoms with Gasteiger partial charge in [-0.3, -0.25) is 0 Å². The Morgan fingerprint density at radius 3 is 2.13 bits per heavy atom. The highest BCUT2D eigenvalue weighted by atomic mass is 35.5. The van der Waals surface area contributed by atoms with Gasteiger partial charge in [0.1, 0.15) is 0 Å². The average Bonchev–Trinajstić information content (AvgIpc) is 2.15. The van der Waals surface area contributed by atoms with E-state index in [9.17, 15) is 13.2 Å². The Labute approximate surface area is 89.6 Å². The highest BCUT2D eigenvalue weighted by molar-refractivity contribution is 6.32. The number of hydrogen-bond acceptors (Lipinski definition) is 2. The normalized spacial score (nSPS) is 11.3. The summed E-state index contributed by atoms with van der Waals surface area (Å²) in [6.07, 6.45) is -4.46. The fraction of sp³-hybridized carbons (Fsp3) is 0.333. The van der Waals surface area contributed by atoms with E-state index in [4.69, 9.17) is 21.1 Å². The highest BCUT2D eigenvalue weighted by Gasteiger charge is 2.32. The molecule has 6 heteroatoms. The first-order chi connectivity index (χ1) is 6.90. The molecule has 2 nitrogen and oxygen atoms in total. The van der Waals surface area contributed by atoms with Gasteiger partial charge in [-0.2, -0.15) is 13.2 Å². The van der Waals surface area contributed by atoms with Crippen LogP contribution in [0, 0.1) is 0 Å². The molecule has 15 heavy (non-hydrogen) atoms. The second-order valence-corrected chi connectivity index (χ2v) is 3.10. The summed E-state index contributed by atoms with van der Waals surface area (Å²) >= 11 is 5.61. The lowest BCUT2D eigenvalue weighted by Gasteiger charge is -2.13. The molecule has 1 aromatic carbocycles. The Balaban J connectivity index is 3.32. The molecule has 0 amide bonds. The van der Waals surface area contributed by atoms with Crippen molar-refractivity contribution in [3.63, 3.8) is 0 Å². The fourth-order valence-corrected chi connectivity index (χ4v) is 1.37. The molecule has 0 spiro atoms. The van der Waals surface area contributed by atoms with Gasteiger partial charge in [0.2, 0.25) is 0 Å². The number of halogens is 4. The average molecular weight is 241 g/mol. The quantitative estimate of drug-likeness (QED) is 0.789. The number of methoxy groups -OCH3 is 2. The lowest BCUT2D eigenvalue weighted by Crippen LogP contribution is -2.06. The van der Waals surface area contributed by atoms with Crippen molar-refractivity contribution >= 4 is 11.6 Å². The maximum absolute atomic E-state index is 12.4. The molecule has 0 N–H and O–H groups in total.